The number of carbonyl (C=O) groups excluding carboxylic acids is 1. The number of fused-ring (bicyclic) bond motifs is 1. The lowest BCUT2D eigenvalue weighted by molar-refractivity contribution is -0.146. The number of hydrogen-bond acceptors (Lipinski definition) is 3. The van der Waals surface area contributed by atoms with Gasteiger partial charge in [-0.25, -0.2) is 0 Å². The fraction of sp³-hybridized carbons (Fsp3) is 0.368. The highest BCUT2D eigenvalue weighted by Crippen LogP contribution is 2.26. The maximum atomic E-state index is 12.5. The van der Waals surface area contributed by atoms with Crippen molar-refractivity contribution < 1.29 is 14.7 Å². The molecule has 0 bridgehead atoms. The summed E-state index contributed by atoms with van der Waals surface area (Å²) in [7, 11) is 0. The van der Waals surface area contributed by atoms with Gasteiger partial charge in [0.25, 0.3) is 0 Å². The number of carboxylic acid groups (broad SMARTS) is 1. The molecule has 24 heavy (non-hydrogen) atoms. The molecule has 126 valence electrons. The van der Waals surface area contributed by atoms with Gasteiger partial charge < -0.3 is 10.0 Å². The van der Waals surface area contributed by atoms with Crippen LogP contribution in [0.5, 0.6) is 0 Å². The van der Waals surface area contributed by atoms with Crippen LogP contribution >= 0.6 is 11.8 Å². The summed E-state index contributed by atoms with van der Waals surface area (Å²) in [6, 6.07) is 14.4. The summed E-state index contributed by atoms with van der Waals surface area (Å²) in [6.07, 6.45) is 1.40. The molecule has 1 N–H and O–H groups in total. The van der Waals surface area contributed by atoms with Crippen LogP contribution in [-0.2, 0) is 9.59 Å². The van der Waals surface area contributed by atoms with Gasteiger partial charge in [0.2, 0.25) is 5.91 Å². The lowest BCUT2D eigenvalue weighted by Gasteiger charge is -2.36. The highest BCUT2D eigenvalue weighted by Gasteiger charge is 2.32. The Hall–Kier alpha value is -2.01. The number of likely N-dealkylation sites (tertiary alicyclic amines) is 1. The fourth-order valence-electron chi connectivity index (χ4n) is 3.14. The third kappa shape index (κ3) is 3.73. The fourth-order valence-corrected chi connectivity index (χ4v) is 3.97. The summed E-state index contributed by atoms with van der Waals surface area (Å²) in [5, 5.41) is 11.5. The number of rotatable bonds is 4. The number of nitrogens with zero attached hydrogens (tertiary/aromatic N) is 1. The molecule has 2 aromatic carbocycles. The highest BCUT2D eigenvalue weighted by molar-refractivity contribution is 8.00. The average Bonchev–Trinajstić information content (AvgIpc) is 2.59. The van der Waals surface area contributed by atoms with Gasteiger partial charge in [-0.3, -0.25) is 9.59 Å². The van der Waals surface area contributed by atoms with E-state index in [0.29, 0.717) is 18.7 Å². The van der Waals surface area contributed by atoms with E-state index < -0.39 is 11.9 Å². The van der Waals surface area contributed by atoms with E-state index in [2.05, 4.69) is 24.3 Å². The molecule has 5 heteroatoms. The van der Waals surface area contributed by atoms with E-state index >= 15 is 0 Å². The van der Waals surface area contributed by atoms with Crippen molar-refractivity contribution in [1.82, 2.24) is 4.90 Å². The van der Waals surface area contributed by atoms with Crippen molar-refractivity contribution in [3.05, 3.63) is 42.5 Å². The monoisotopic (exact) mass is 343 g/mol. The standard InChI is InChI=1S/C19H21NO3S/c1-13-6-7-16(19(22)23)11-20(13)18(21)12-24-17-9-8-14-4-2-3-5-15(14)10-17/h2-5,8-10,13,16H,6-7,11-12H2,1H3,(H,22,23). The molecule has 0 spiro atoms. The number of amides is 1. The Morgan fingerprint density at radius 3 is 2.67 bits per heavy atom. The lowest BCUT2D eigenvalue weighted by Crippen LogP contribution is -2.48. The molecule has 0 saturated carbocycles. The molecule has 0 aromatic heterocycles. The molecule has 1 aliphatic heterocycles. The Morgan fingerprint density at radius 2 is 1.92 bits per heavy atom. The molecule has 1 amide bonds. The maximum absolute atomic E-state index is 12.5. The first kappa shape index (κ1) is 16.8. The molecule has 2 aromatic rings. The van der Waals surface area contributed by atoms with Gasteiger partial charge >= 0.3 is 5.97 Å². The Bertz CT molecular complexity index is 761. The molecule has 3 rings (SSSR count). The summed E-state index contributed by atoms with van der Waals surface area (Å²) in [5.74, 6) is -0.876. The topological polar surface area (TPSA) is 57.6 Å². The molecule has 0 radical (unpaired) electrons. The SMILES string of the molecule is CC1CCC(C(=O)O)CN1C(=O)CSc1ccc2ccccc2c1. The quantitative estimate of drug-likeness (QED) is 0.861. The van der Waals surface area contributed by atoms with Crippen LogP contribution < -0.4 is 0 Å². The van der Waals surface area contributed by atoms with Gasteiger partial charge in [0, 0.05) is 17.5 Å². The van der Waals surface area contributed by atoms with Gasteiger partial charge in [0.15, 0.2) is 0 Å². The zero-order valence-electron chi connectivity index (χ0n) is 13.6. The normalized spacial score (nSPS) is 21.0. The molecule has 2 atom stereocenters. The molecular weight excluding hydrogens is 322 g/mol. The molecular formula is C19H21NO3S. The highest BCUT2D eigenvalue weighted by atomic mass is 32.2. The third-order valence-corrected chi connectivity index (χ3v) is 5.61. The van der Waals surface area contributed by atoms with Gasteiger partial charge in [-0.15, -0.1) is 11.8 Å². The minimum absolute atomic E-state index is 0.0200. The minimum Gasteiger partial charge on any atom is -0.481 e. The van der Waals surface area contributed by atoms with Gasteiger partial charge in [-0.2, -0.15) is 0 Å². The van der Waals surface area contributed by atoms with Crippen molar-refractivity contribution >= 4 is 34.4 Å². The maximum Gasteiger partial charge on any atom is 0.308 e. The van der Waals surface area contributed by atoms with E-state index in [1.54, 1.807) is 4.90 Å². The Balaban J connectivity index is 1.64. The Labute approximate surface area is 145 Å². The second kappa shape index (κ2) is 7.26. The van der Waals surface area contributed by atoms with E-state index in [9.17, 15) is 14.7 Å². The zero-order valence-corrected chi connectivity index (χ0v) is 14.5. The van der Waals surface area contributed by atoms with Gasteiger partial charge in [-0.1, -0.05) is 30.3 Å². The minimum atomic E-state index is -0.804. The van der Waals surface area contributed by atoms with Crippen molar-refractivity contribution in [2.24, 2.45) is 5.92 Å². The second-order valence-corrected chi connectivity index (χ2v) is 7.35. The Kier molecular flexibility index (Phi) is 5.09. The molecule has 1 fully saturated rings. The summed E-state index contributed by atoms with van der Waals surface area (Å²) in [4.78, 5) is 26.5. The predicted molar refractivity (Wildman–Crippen MR) is 96.2 cm³/mol. The second-order valence-electron chi connectivity index (χ2n) is 6.31. The molecule has 4 nitrogen and oxygen atoms in total. The molecule has 1 aliphatic rings. The Morgan fingerprint density at radius 1 is 1.17 bits per heavy atom. The van der Waals surface area contributed by atoms with Crippen LogP contribution in [0.2, 0.25) is 0 Å². The zero-order chi connectivity index (χ0) is 17.1. The van der Waals surface area contributed by atoms with E-state index in [0.717, 1.165) is 16.7 Å². The van der Waals surface area contributed by atoms with Crippen LogP contribution in [0.4, 0.5) is 0 Å². The molecule has 2 unspecified atom stereocenters. The van der Waals surface area contributed by atoms with Gasteiger partial charge in [0.05, 0.1) is 11.7 Å². The number of piperidine rings is 1. The number of carboxylic acids is 1. The van der Waals surface area contributed by atoms with E-state index in [1.807, 2.05) is 25.1 Å². The van der Waals surface area contributed by atoms with Crippen LogP contribution in [-0.4, -0.2) is 40.2 Å². The largest absolute Gasteiger partial charge is 0.481 e. The van der Waals surface area contributed by atoms with E-state index in [4.69, 9.17) is 0 Å². The van der Waals surface area contributed by atoms with Crippen LogP contribution in [0, 0.1) is 5.92 Å². The van der Waals surface area contributed by atoms with E-state index in [1.165, 1.54) is 17.1 Å². The first-order chi connectivity index (χ1) is 11.5. The summed E-state index contributed by atoms with van der Waals surface area (Å²) in [6.45, 7) is 2.32. The van der Waals surface area contributed by atoms with Crippen molar-refractivity contribution in [3.63, 3.8) is 0 Å². The van der Waals surface area contributed by atoms with Crippen molar-refractivity contribution in [1.29, 1.82) is 0 Å². The first-order valence-electron chi connectivity index (χ1n) is 8.18. The third-order valence-electron chi connectivity index (χ3n) is 4.63. The molecule has 1 heterocycles. The van der Waals surface area contributed by atoms with Crippen LogP contribution in [0.1, 0.15) is 19.8 Å². The van der Waals surface area contributed by atoms with Crippen molar-refractivity contribution in [2.45, 2.75) is 30.7 Å². The number of aliphatic carboxylic acids is 1. The number of hydrogen-bond donors (Lipinski definition) is 1. The summed E-state index contributed by atoms with van der Waals surface area (Å²) >= 11 is 1.51. The number of carbonyl (C=O) groups is 2. The van der Waals surface area contributed by atoms with Crippen molar-refractivity contribution in [2.75, 3.05) is 12.3 Å². The molecule has 0 aliphatic carbocycles. The first-order valence-corrected chi connectivity index (χ1v) is 9.17. The summed E-state index contributed by atoms with van der Waals surface area (Å²) in [5.41, 5.74) is 0. The smallest absolute Gasteiger partial charge is 0.308 e. The number of thioether (sulfide) groups is 1. The van der Waals surface area contributed by atoms with Crippen LogP contribution in [0.3, 0.4) is 0 Å². The van der Waals surface area contributed by atoms with Crippen molar-refractivity contribution in [3.8, 4) is 0 Å². The van der Waals surface area contributed by atoms with Crippen LogP contribution in [0.15, 0.2) is 47.4 Å². The summed E-state index contributed by atoms with van der Waals surface area (Å²) < 4.78 is 0. The number of benzene rings is 2. The van der Waals surface area contributed by atoms with Gasteiger partial charge in [-0.05, 0) is 42.7 Å². The average molecular weight is 343 g/mol. The molecule has 1 saturated heterocycles. The lowest BCUT2D eigenvalue weighted by atomic mass is 9.93. The predicted octanol–water partition coefficient (Wildman–Crippen LogP) is 3.64. The van der Waals surface area contributed by atoms with Crippen LogP contribution in [0.25, 0.3) is 10.8 Å². The van der Waals surface area contributed by atoms with E-state index in [-0.39, 0.29) is 11.9 Å². The van der Waals surface area contributed by atoms with Gasteiger partial charge in [0.1, 0.15) is 0 Å².